The molecule has 3 heteroatoms. The van der Waals surface area contributed by atoms with E-state index in [4.69, 9.17) is 10.5 Å². The lowest BCUT2D eigenvalue weighted by molar-refractivity contribution is 0.0764. The molecule has 3 nitrogen and oxygen atoms in total. The zero-order valence-corrected chi connectivity index (χ0v) is 11.3. The van der Waals surface area contributed by atoms with Crippen LogP contribution in [0.15, 0.2) is 0 Å². The van der Waals surface area contributed by atoms with Gasteiger partial charge in [-0.25, -0.2) is 0 Å². The Bertz CT molecular complexity index is 196. The summed E-state index contributed by atoms with van der Waals surface area (Å²) in [5, 5.41) is 0. The summed E-state index contributed by atoms with van der Waals surface area (Å²) in [7, 11) is 1.80. The molecule has 0 amide bonds. The van der Waals surface area contributed by atoms with E-state index in [0.29, 0.717) is 0 Å². The van der Waals surface area contributed by atoms with E-state index in [9.17, 15) is 0 Å². The monoisotopic (exact) mass is 228 g/mol. The number of ether oxygens (including phenoxy) is 1. The summed E-state index contributed by atoms with van der Waals surface area (Å²) in [5.74, 6) is 0.764. The van der Waals surface area contributed by atoms with E-state index >= 15 is 0 Å². The summed E-state index contributed by atoms with van der Waals surface area (Å²) in [6, 6.07) is 0.254. The highest BCUT2D eigenvalue weighted by molar-refractivity contribution is 4.83. The molecular formula is C13H28N2O. The Morgan fingerprint density at radius 3 is 2.38 bits per heavy atom. The summed E-state index contributed by atoms with van der Waals surface area (Å²) < 4.78 is 5.22. The first-order chi connectivity index (χ1) is 7.45. The molecule has 0 saturated carbocycles. The molecule has 0 aliphatic carbocycles. The van der Waals surface area contributed by atoms with Gasteiger partial charge in [-0.1, -0.05) is 13.8 Å². The number of rotatable bonds is 5. The van der Waals surface area contributed by atoms with Gasteiger partial charge in [0, 0.05) is 26.3 Å². The van der Waals surface area contributed by atoms with Gasteiger partial charge in [-0.2, -0.15) is 0 Å². The van der Waals surface area contributed by atoms with E-state index in [2.05, 4.69) is 25.7 Å². The fraction of sp³-hybridized carbons (Fsp3) is 1.00. The number of hydrogen-bond donors (Lipinski definition) is 1. The van der Waals surface area contributed by atoms with Crippen LogP contribution in [-0.4, -0.2) is 44.3 Å². The minimum atomic E-state index is 0.216. The largest absolute Gasteiger partial charge is 0.384 e. The standard InChI is InChI=1S/C13H28N2O/c1-11(14)13(2,3)10-15-7-5-12(6-8-15)9-16-4/h11-12H,5-10,14H2,1-4H3. The van der Waals surface area contributed by atoms with Crippen molar-refractivity contribution in [2.45, 2.75) is 39.7 Å². The highest BCUT2D eigenvalue weighted by Crippen LogP contribution is 2.24. The van der Waals surface area contributed by atoms with Gasteiger partial charge in [0.05, 0.1) is 0 Å². The third kappa shape index (κ3) is 4.04. The van der Waals surface area contributed by atoms with E-state index in [1.165, 1.54) is 25.9 Å². The number of likely N-dealkylation sites (tertiary alicyclic amines) is 1. The van der Waals surface area contributed by atoms with Crippen LogP contribution in [0.1, 0.15) is 33.6 Å². The molecule has 1 aliphatic rings. The number of nitrogens with two attached hydrogens (primary N) is 1. The third-order valence-electron chi connectivity index (χ3n) is 3.97. The van der Waals surface area contributed by atoms with Crippen LogP contribution in [0.4, 0.5) is 0 Å². The quantitative estimate of drug-likeness (QED) is 0.778. The minimum Gasteiger partial charge on any atom is -0.384 e. The summed E-state index contributed by atoms with van der Waals surface area (Å²) in [4.78, 5) is 2.55. The molecule has 1 heterocycles. The van der Waals surface area contributed by atoms with Crippen LogP contribution >= 0.6 is 0 Å². The van der Waals surface area contributed by atoms with E-state index in [-0.39, 0.29) is 11.5 Å². The lowest BCUT2D eigenvalue weighted by Gasteiger charge is -2.39. The molecule has 16 heavy (non-hydrogen) atoms. The minimum absolute atomic E-state index is 0.216. The maximum atomic E-state index is 6.02. The van der Waals surface area contributed by atoms with Gasteiger partial charge < -0.3 is 15.4 Å². The Balaban J connectivity index is 2.32. The van der Waals surface area contributed by atoms with Crippen molar-refractivity contribution in [3.8, 4) is 0 Å². The maximum Gasteiger partial charge on any atom is 0.0491 e. The lowest BCUT2D eigenvalue weighted by atomic mass is 9.84. The Morgan fingerprint density at radius 2 is 1.94 bits per heavy atom. The van der Waals surface area contributed by atoms with Gasteiger partial charge in [0.2, 0.25) is 0 Å². The second kappa shape index (κ2) is 5.99. The van der Waals surface area contributed by atoms with Gasteiger partial charge in [-0.15, -0.1) is 0 Å². The Hall–Kier alpha value is -0.120. The fourth-order valence-electron chi connectivity index (χ4n) is 2.27. The second-order valence-corrected chi connectivity index (χ2v) is 5.95. The normalized spacial score (nSPS) is 22.3. The molecule has 1 saturated heterocycles. The summed E-state index contributed by atoms with van der Waals surface area (Å²) >= 11 is 0. The predicted octanol–water partition coefficient (Wildman–Crippen LogP) is 1.72. The molecule has 1 unspecified atom stereocenters. The molecule has 1 rings (SSSR count). The van der Waals surface area contributed by atoms with Crippen molar-refractivity contribution in [1.29, 1.82) is 0 Å². The average molecular weight is 228 g/mol. The van der Waals surface area contributed by atoms with Gasteiger partial charge in [0.1, 0.15) is 0 Å². The zero-order chi connectivity index (χ0) is 12.2. The molecule has 1 atom stereocenters. The number of hydrogen-bond acceptors (Lipinski definition) is 3. The smallest absolute Gasteiger partial charge is 0.0491 e. The molecule has 0 aromatic heterocycles. The van der Waals surface area contributed by atoms with Crippen molar-refractivity contribution in [3.63, 3.8) is 0 Å². The Morgan fingerprint density at radius 1 is 1.38 bits per heavy atom. The lowest BCUT2D eigenvalue weighted by Crippen LogP contribution is -2.46. The van der Waals surface area contributed by atoms with Crippen LogP contribution in [-0.2, 0) is 4.74 Å². The van der Waals surface area contributed by atoms with Crippen LogP contribution < -0.4 is 5.73 Å². The van der Waals surface area contributed by atoms with Crippen LogP contribution in [0.25, 0.3) is 0 Å². The maximum absolute atomic E-state index is 6.02. The van der Waals surface area contributed by atoms with Crippen LogP contribution in [0.5, 0.6) is 0 Å². The molecule has 0 aromatic rings. The topological polar surface area (TPSA) is 38.5 Å². The number of piperidine rings is 1. The van der Waals surface area contributed by atoms with Crippen molar-refractivity contribution < 1.29 is 4.74 Å². The fourth-order valence-corrected chi connectivity index (χ4v) is 2.27. The van der Waals surface area contributed by atoms with E-state index < -0.39 is 0 Å². The van der Waals surface area contributed by atoms with Gasteiger partial charge in [-0.05, 0) is 44.2 Å². The molecule has 0 radical (unpaired) electrons. The van der Waals surface area contributed by atoms with Crippen molar-refractivity contribution >= 4 is 0 Å². The Kier molecular flexibility index (Phi) is 5.22. The van der Waals surface area contributed by atoms with E-state index in [0.717, 1.165) is 19.1 Å². The first-order valence-corrected chi connectivity index (χ1v) is 6.42. The molecular weight excluding hydrogens is 200 g/mol. The van der Waals surface area contributed by atoms with Gasteiger partial charge in [0.25, 0.3) is 0 Å². The number of nitrogens with zero attached hydrogens (tertiary/aromatic N) is 1. The van der Waals surface area contributed by atoms with Crippen LogP contribution in [0.2, 0.25) is 0 Å². The van der Waals surface area contributed by atoms with E-state index in [1.807, 2.05) is 0 Å². The molecule has 0 bridgehead atoms. The molecule has 96 valence electrons. The number of methoxy groups -OCH3 is 1. The average Bonchev–Trinajstić information content (AvgIpc) is 2.21. The first-order valence-electron chi connectivity index (χ1n) is 6.42. The van der Waals surface area contributed by atoms with Crippen molar-refractivity contribution in [2.24, 2.45) is 17.1 Å². The summed E-state index contributed by atoms with van der Waals surface area (Å²) in [5.41, 5.74) is 6.23. The SMILES string of the molecule is COCC1CCN(CC(C)(C)C(C)N)CC1. The molecule has 0 spiro atoms. The third-order valence-corrected chi connectivity index (χ3v) is 3.97. The van der Waals surface area contributed by atoms with Crippen LogP contribution in [0.3, 0.4) is 0 Å². The summed E-state index contributed by atoms with van der Waals surface area (Å²) in [6.07, 6.45) is 2.53. The first kappa shape index (κ1) is 13.9. The van der Waals surface area contributed by atoms with Gasteiger partial charge >= 0.3 is 0 Å². The predicted molar refractivity (Wildman–Crippen MR) is 68.5 cm³/mol. The van der Waals surface area contributed by atoms with Gasteiger partial charge in [-0.3, -0.25) is 0 Å². The van der Waals surface area contributed by atoms with Crippen LogP contribution in [0, 0.1) is 11.3 Å². The molecule has 1 fully saturated rings. The van der Waals surface area contributed by atoms with Crippen molar-refractivity contribution in [3.05, 3.63) is 0 Å². The van der Waals surface area contributed by atoms with Crippen molar-refractivity contribution in [1.82, 2.24) is 4.90 Å². The molecule has 0 aromatic carbocycles. The zero-order valence-electron chi connectivity index (χ0n) is 11.3. The summed E-state index contributed by atoms with van der Waals surface area (Å²) in [6.45, 7) is 11.1. The molecule has 2 N–H and O–H groups in total. The molecule has 1 aliphatic heterocycles. The Labute approximate surface area is 100 Å². The van der Waals surface area contributed by atoms with Gasteiger partial charge in [0.15, 0.2) is 0 Å². The highest BCUT2D eigenvalue weighted by Gasteiger charge is 2.28. The van der Waals surface area contributed by atoms with E-state index in [1.54, 1.807) is 7.11 Å². The van der Waals surface area contributed by atoms with Crippen molar-refractivity contribution in [2.75, 3.05) is 33.4 Å². The highest BCUT2D eigenvalue weighted by atomic mass is 16.5. The second-order valence-electron chi connectivity index (χ2n) is 5.95.